The molecule has 1 aliphatic carbocycles. The van der Waals surface area contributed by atoms with Gasteiger partial charge in [0.15, 0.2) is 0 Å². The van der Waals surface area contributed by atoms with E-state index in [1.54, 1.807) is 6.92 Å². The van der Waals surface area contributed by atoms with E-state index in [0.717, 1.165) is 24.0 Å². The molecule has 1 aliphatic rings. The van der Waals surface area contributed by atoms with E-state index in [1.807, 2.05) is 24.3 Å². The van der Waals surface area contributed by atoms with E-state index in [1.165, 1.54) is 18.6 Å². The SMILES string of the molecule is C[C@@H](NC(=O)c1ccoc1)C(=O)NC[C@]1(O)CCCc2ccccc21. The molecule has 2 atom stereocenters. The monoisotopic (exact) mass is 342 g/mol. The summed E-state index contributed by atoms with van der Waals surface area (Å²) in [6.45, 7) is 1.72. The van der Waals surface area contributed by atoms with E-state index in [0.29, 0.717) is 12.0 Å². The summed E-state index contributed by atoms with van der Waals surface area (Å²) in [5.74, 6) is -0.716. The Morgan fingerprint density at radius 3 is 2.88 bits per heavy atom. The van der Waals surface area contributed by atoms with Gasteiger partial charge in [-0.1, -0.05) is 24.3 Å². The van der Waals surface area contributed by atoms with Crippen LogP contribution in [0.25, 0.3) is 0 Å². The van der Waals surface area contributed by atoms with Crippen molar-refractivity contribution < 1.29 is 19.1 Å². The zero-order valence-corrected chi connectivity index (χ0v) is 14.1. The van der Waals surface area contributed by atoms with Gasteiger partial charge in [0.25, 0.3) is 5.91 Å². The van der Waals surface area contributed by atoms with Crippen LogP contribution in [-0.2, 0) is 16.8 Å². The number of aryl methyl sites for hydroxylation is 1. The predicted molar refractivity (Wildman–Crippen MR) is 91.9 cm³/mol. The van der Waals surface area contributed by atoms with Crippen LogP contribution >= 0.6 is 0 Å². The largest absolute Gasteiger partial charge is 0.472 e. The number of amides is 2. The van der Waals surface area contributed by atoms with Gasteiger partial charge in [0.1, 0.15) is 17.9 Å². The van der Waals surface area contributed by atoms with Gasteiger partial charge in [-0.05, 0) is 43.4 Å². The molecule has 0 spiro atoms. The Balaban J connectivity index is 1.59. The highest BCUT2D eigenvalue weighted by molar-refractivity contribution is 5.97. The average Bonchev–Trinajstić information content (AvgIpc) is 3.15. The summed E-state index contributed by atoms with van der Waals surface area (Å²) in [5, 5.41) is 16.3. The summed E-state index contributed by atoms with van der Waals surface area (Å²) in [7, 11) is 0. The molecule has 2 aromatic rings. The van der Waals surface area contributed by atoms with Crippen LogP contribution in [-0.4, -0.2) is 29.5 Å². The first-order valence-electron chi connectivity index (χ1n) is 8.41. The van der Waals surface area contributed by atoms with Crippen molar-refractivity contribution in [2.75, 3.05) is 6.54 Å². The van der Waals surface area contributed by atoms with Crippen LogP contribution in [0.1, 0.15) is 41.3 Å². The van der Waals surface area contributed by atoms with E-state index in [2.05, 4.69) is 10.6 Å². The van der Waals surface area contributed by atoms with E-state index in [4.69, 9.17) is 4.42 Å². The lowest BCUT2D eigenvalue weighted by atomic mass is 9.79. The van der Waals surface area contributed by atoms with Gasteiger partial charge in [0.05, 0.1) is 18.4 Å². The molecule has 0 fully saturated rings. The van der Waals surface area contributed by atoms with Crippen LogP contribution < -0.4 is 10.6 Å². The molecule has 1 heterocycles. The minimum Gasteiger partial charge on any atom is -0.472 e. The highest BCUT2D eigenvalue weighted by atomic mass is 16.3. The van der Waals surface area contributed by atoms with Gasteiger partial charge in [-0.3, -0.25) is 9.59 Å². The van der Waals surface area contributed by atoms with Gasteiger partial charge in [0.2, 0.25) is 5.91 Å². The van der Waals surface area contributed by atoms with Crippen LogP contribution in [0.15, 0.2) is 47.3 Å². The Kier molecular flexibility index (Phi) is 4.90. The van der Waals surface area contributed by atoms with Crippen molar-refractivity contribution in [1.29, 1.82) is 0 Å². The fourth-order valence-electron chi connectivity index (χ4n) is 3.21. The number of aliphatic hydroxyl groups is 1. The topological polar surface area (TPSA) is 91.6 Å². The molecule has 6 heteroatoms. The Labute approximate surface area is 146 Å². The van der Waals surface area contributed by atoms with Crippen LogP contribution in [0.4, 0.5) is 0 Å². The molecule has 1 aromatic heterocycles. The second-order valence-electron chi connectivity index (χ2n) is 6.47. The molecular weight excluding hydrogens is 320 g/mol. The van der Waals surface area contributed by atoms with E-state index in [9.17, 15) is 14.7 Å². The number of furan rings is 1. The second-order valence-corrected chi connectivity index (χ2v) is 6.47. The van der Waals surface area contributed by atoms with Crippen molar-refractivity contribution in [2.45, 2.75) is 37.8 Å². The minimum atomic E-state index is -1.07. The molecule has 0 saturated heterocycles. The second kappa shape index (κ2) is 7.11. The Morgan fingerprint density at radius 1 is 1.32 bits per heavy atom. The molecule has 132 valence electrons. The van der Waals surface area contributed by atoms with Crippen LogP contribution in [0.2, 0.25) is 0 Å². The maximum atomic E-state index is 12.3. The number of fused-ring (bicyclic) bond motifs is 1. The zero-order chi connectivity index (χ0) is 17.9. The lowest BCUT2D eigenvalue weighted by Gasteiger charge is -2.35. The number of hydrogen-bond donors (Lipinski definition) is 3. The molecule has 0 saturated carbocycles. The first kappa shape index (κ1) is 17.2. The fourth-order valence-corrected chi connectivity index (χ4v) is 3.21. The van der Waals surface area contributed by atoms with Gasteiger partial charge in [0, 0.05) is 0 Å². The van der Waals surface area contributed by atoms with Crippen molar-refractivity contribution >= 4 is 11.8 Å². The minimum absolute atomic E-state index is 0.120. The molecule has 0 bridgehead atoms. The first-order valence-corrected chi connectivity index (χ1v) is 8.41. The van der Waals surface area contributed by atoms with E-state index < -0.39 is 11.6 Å². The Bertz CT molecular complexity index is 757. The standard InChI is InChI=1S/C19H22N2O4/c1-13(21-18(23)15-8-10-25-11-15)17(22)20-12-19(24)9-4-6-14-5-2-3-7-16(14)19/h2-3,5,7-8,10-11,13,24H,4,6,9,12H2,1H3,(H,20,22)(H,21,23)/t13-,19-/m1/s1. The summed E-state index contributed by atoms with van der Waals surface area (Å²) in [6, 6.07) is 8.58. The van der Waals surface area contributed by atoms with Gasteiger partial charge in [-0.25, -0.2) is 0 Å². The highest BCUT2D eigenvalue weighted by Crippen LogP contribution is 2.34. The molecule has 1 aromatic carbocycles. The van der Waals surface area contributed by atoms with Gasteiger partial charge in [-0.2, -0.15) is 0 Å². The molecule has 0 aliphatic heterocycles. The maximum Gasteiger partial charge on any atom is 0.255 e. The molecule has 6 nitrogen and oxygen atoms in total. The third-order valence-corrected chi connectivity index (χ3v) is 4.63. The summed E-state index contributed by atoms with van der Waals surface area (Å²) in [6.07, 6.45) is 5.12. The van der Waals surface area contributed by atoms with Gasteiger partial charge in [-0.15, -0.1) is 0 Å². The molecule has 25 heavy (non-hydrogen) atoms. The molecule has 3 N–H and O–H groups in total. The lowest BCUT2D eigenvalue weighted by Crippen LogP contribution is -2.49. The first-order chi connectivity index (χ1) is 12.0. The van der Waals surface area contributed by atoms with Gasteiger partial charge < -0.3 is 20.2 Å². The molecule has 3 rings (SSSR count). The molecule has 0 radical (unpaired) electrons. The Hall–Kier alpha value is -2.60. The number of carbonyl (C=O) groups excluding carboxylic acids is 2. The smallest absolute Gasteiger partial charge is 0.255 e. The summed E-state index contributed by atoms with van der Waals surface area (Å²) < 4.78 is 4.86. The third-order valence-electron chi connectivity index (χ3n) is 4.63. The van der Waals surface area contributed by atoms with Crippen molar-refractivity contribution in [1.82, 2.24) is 10.6 Å². The van der Waals surface area contributed by atoms with E-state index >= 15 is 0 Å². The van der Waals surface area contributed by atoms with Gasteiger partial charge >= 0.3 is 0 Å². The Morgan fingerprint density at radius 2 is 2.12 bits per heavy atom. The number of rotatable bonds is 5. The summed E-state index contributed by atoms with van der Waals surface area (Å²) in [5.41, 5.74) is 1.28. The van der Waals surface area contributed by atoms with Crippen molar-refractivity contribution in [3.63, 3.8) is 0 Å². The zero-order valence-electron chi connectivity index (χ0n) is 14.1. The maximum absolute atomic E-state index is 12.3. The highest BCUT2D eigenvalue weighted by Gasteiger charge is 2.34. The quantitative estimate of drug-likeness (QED) is 0.772. The number of benzene rings is 1. The molecule has 0 unspecified atom stereocenters. The van der Waals surface area contributed by atoms with E-state index in [-0.39, 0.29) is 18.4 Å². The van der Waals surface area contributed by atoms with Crippen molar-refractivity contribution in [3.8, 4) is 0 Å². The van der Waals surface area contributed by atoms with Crippen molar-refractivity contribution in [3.05, 3.63) is 59.5 Å². The third kappa shape index (κ3) is 3.74. The molecular formula is C19H22N2O4. The predicted octanol–water partition coefficient (Wildman–Crippen LogP) is 1.74. The number of nitrogens with one attached hydrogen (secondary N) is 2. The number of carbonyl (C=O) groups is 2. The lowest BCUT2D eigenvalue weighted by molar-refractivity contribution is -0.124. The summed E-state index contributed by atoms with van der Waals surface area (Å²) >= 11 is 0. The van der Waals surface area contributed by atoms with Crippen LogP contribution in [0, 0.1) is 0 Å². The fraction of sp³-hybridized carbons (Fsp3) is 0.368. The molecule has 2 amide bonds. The normalized spacial score (nSPS) is 20.4. The average molecular weight is 342 g/mol. The van der Waals surface area contributed by atoms with Crippen molar-refractivity contribution in [2.24, 2.45) is 0 Å². The summed E-state index contributed by atoms with van der Waals surface area (Å²) in [4.78, 5) is 24.2. The number of hydrogen-bond acceptors (Lipinski definition) is 4. The van der Waals surface area contributed by atoms with Crippen LogP contribution in [0.3, 0.4) is 0 Å². The van der Waals surface area contributed by atoms with Crippen LogP contribution in [0.5, 0.6) is 0 Å².